The van der Waals surface area contributed by atoms with Gasteiger partial charge in [0.05, 0.1) is 0 Å². The molecule has 0 atom stereocenters. The summed E-state index contributed by atoms with van der Waals surface area (Å²) in [5, 5.41) is 0. The number of carbonyl (C=O) groups is 1. The molecule has 0 heterocycles. The first-order chi connectivity index (χ1) is 10.1. The summed E-state index contributed by atoms with van der Waals surface area (Å²) < 4.78 is 63.9. The molecular formula is C13H10O7S2. The Balaban J connectivity index is 2.81. The molecule has 7 nitrogen and oxygen atoms in total. The van der Waals surface area contributed by atoms with E-state index in [2.05, 4.69) is 0 Å². The number of carbonyl (C=O) groups excluding carboxylic acids is 1. The van der Waals surface area contributed by atoms with E-state index in [-0.39, 0.29) is 5.56 Å². The van der Waals surface area contributed by atoms with Crippen LogP contribution in [0.25, 0.3) is 0 Å². The van der Waals surface area contributed by atoms with Gasteiger partial charge in [0.15, 0.2) is 5.78 Å². The quantitative estimate of drug-likeness (QED) is 0.635. The molecule has 0 bridgehead atoms. The van der Waals surface area contributed by atoms with Crippen LogP contribution in [0.2, 0.25) is 0 Å². The number of benzene rings is 2. The number of ketones is 1. The lowest BCUT2D eigenvalue weighted by atomic mass is 10.0. The third kappa shape index (κ3) is 3.22. The zero-order valence-corrected chi connectivity index (χ0v) is 12.5. The van der Waals surface area contributed by atoms with Crippen LogP contribution < -0.4 is 0 Å². The third-order valence-corrected chi connectivity index (χ3v) is 4.78. The minimum absolute atomic E-state index is 0.0971. The summed E-state index contributed by atoms with van der Waals surface area (Å²) in [7, 11) is -10.0. The first-order valence-corrected chi connectivity index (χ1v) is 8.68. The van der Waals surface area contributed by atoms with E-state index in [9.17, 15) is 26.2 Å². The van der Waals surface area contributed by atoms with E-state index in [4.69, 9.17) is 4.55 Å². The predicted molar refractivity (Wildman–Crippen MR) is 75.9 cm³/mol. The first kappa shape index (κ1) is 16.3. The Bertz CT molecular complexity index is 930. The lowest BCUT2D eigenvalue weighted by Gasteiger charge is -2.10. The van der Waals surface area contributed by atoms with Crippen LogP contribution in [0.1, 0.15) is 15.9 Å². The van der Waals surface area contributed by atoms with E-state index in [1.165, 1.54) is 24.3 Å². The normalized spacial score (nSPS) is 12.1. The van der Waals surface area contributed by atoms with Crippen molar-refractivity contribution < 1.29 is 30.7 Å². The van der Waals surface area contributed by atoms with E-state index in [0.29, 0.717) is 0 Å². The molecule has 0 amide bonds. The molecule has 0 aliphatic heterocycles. The highest BCUT2D eigenvalue weighted by molar-refractivity contribution is 7.89. The van der Waals surface area contributed by atoms with E-state index in [1.54, 1.807) is 6.07 Å². The van der Waals surface area contributed by atoms with Gasteiger partial charge in [0, 0.05) is 11.1 Å². The zero-order chi connectivity index (χ0) is 16.5. The molecule has 0 aromatic heterocycles. The van der Waals surface area contributed by atoms with Gasteiger partial charge in [-0.3, -0.25) is 13.9 Å². The smallest absolute Gasteiger partial charge is 0.289 e. The van der Waals surface area contributed by atoms with Gasteiger partial charge in [-0.25, -0.2) is 0 Å². The van der Waals surface area contributed by atoms with Crippen molar-refractivity contribution in [1.29, 1.82) is 0 Å². The fourth-order valence-electron chi connectivity index (χ4n) is 1.91. The van der Waals surface area contributed by atoms with Gasteiger partial charge in [-0.2, -0.15) is 16.8 Å². The molecule has 0 fully saturated rings. The van der Waals surface area contributed by atoms with Crippen LogP contribution in [0.5, 0.6) is 0 Å². The lowest BCUT2D eigenvalue weighted by Crippen LogP contribution is -2.15. The number of hydrogen-bond donors (Lipinski definition) is 2. The molecular weight excluding hydrogens is 332 g/mol. The summed E-state index contributed by atoms with van der Waals surface area (Å²) in [5.74, 6) is -0.807. The van der Waals surface area contributed by atoms with Crippen LogP contribution in [0, 0.1) is 0 Å². The topological polar surface area (TPSA) is 126 Å². The van der Waals surface area contributed by atoms with Gasteiger partial charge in [-0.05, 0) is 12.1 Å². The molecule has 9 heteroatoms. The van der Waals surface area contributed by atoms with Crippen LogP contribution in [-0.2, 0) is 20.2 Å². The molecule has 2 aromatic rings. The molecule has 0 aliphatic rings. The molecule has 2 aromatic carbocycles. The Morgan fingerprint density at radius 2 is 1.36 bits per heavy atom. The van der Waals surface area contributed by atoms with Gasteiger partial charge in [-0.15, -0.1) is 0 Å². The third-order valence-electron chi connectivity index (χ3n) is 2.80. The molecule has 0 saturated heterocycles. The second-order valence-corrected chi connectivity index (χ2v) is 7.03. The maximum atomic E-state index is 12.3. The van der Waals surface area contributed by atoms with E-state index < -0.39 is 41.4 Å². The molecule has 2 rings (SSSR count). The maximum Gasteiger partial charge on any atom is 0.296 e. The summed E-state index contributed by atoms with van der Waals surface area (Å²) in [6, 6.07) is 10.4. The van der Waals surface area contributed by atoms with Crippen LogP contribution in [0.15, 0.2) is 58.3 Å². The Hall–Kier alpha value is -2.07. The average Bonchev–Trinajstić information content (AvgIpc) is 2.45. The van der Waals surface area contributed by atoms with Crippen LogP contribution in [0.3, 0.4) is 0 Å². The van der Waals surface area contributed by atoms with Gasteiger partial charge in [-0.1, -0.05) is 36.4 Å². The van der Waals surface area contributed by atoms with Crippen molar-refractivity contribution in [2.45, 2.75) is 9.79 Å². The van der Waals surface area contributed by atoms with Gasteiger partial charge in [0.25, 0.3) is 20.2 Å². The van der Waals surface area contributed by atoms with E-state index in [1.807, 2.05) is 0 Å². The molecule has 116 valence electrons. The largest absolute Gasteiger partial charge is 0.296 e. The summed E-state index contributed by atoms with van der Waals surface area (Å²) in [6.07, 6.45) is 0. The lowest BCUT2D eigenvalue weighted by molar-refractivity contribution is 0.103. The highest BCUT2D eigenvalue weighted by Gasteiger charge is 2.30. The number of rotatable bonds is 4. The van der Waals surface area contributed by atoms with Crippen molar-refractivity contribution in [3.05, 3.63) is 59.7 Å². The summed E-state index contributed by atoms with van der Waals surface area (Å²) in [6.45, 7) is 0. The summed E-state index contributed by atoms with van der Waals surface area (Å²) in [4.78, 5) is 10.1. The average molecular weight is 342 g/mol. The molecule has 0 spiro atoms. The first-order valence-electron chi connectivity index (χ1n) is 5.80. The Morgan fingerprint density at radius 3 is 1.86 bits per heavy atom. The van der Waals surface area contributed by atoms with Crippen LogP contribution in [-0.4, -0.2) is 31.7 Å². The van der Waals surface area contributed by atoms with Crippen molar-refractivity contribution in [2.75, 3.05) is 0 Å². The fourth-order valence-corrected chi connectivity index (χ4v) is 3.90. The highest BCUT2D eigenvalue weighted by atomic mass is 32.2. The predicted octanol–water partition coefficient (Wildman–Crippen LogP) is 1.41. The zero-order valence-electron chi connectivity index (χ0n) is 10.9. The maximum absolute atomic E-state index is 12.3. The summed E-state index contributed by atoms with van der Waals surface area (Å²) in [5.41, 5.74) is -0.455. The second kappa shape index (κ2) is 5.61. The Morgan fingerprint density at radius 1 is 0.773 bits per heavy atom. The molecule has 0 unspecified atom stereocenters. The highest BCUT2D eigenvalue weighted by Crippen LogP contribution is 2.26. The van der Waals surface area contributed by atoms with Crippen molar-refractivity contribution in [1.82, 2.24) is 0 Å². The van der Waals surface area contributed by atoms with Gasteiger partial charge < -0.3 is 0 Å². The molecule has 22 heavy (non-hydrogen) atoms. The van der Waals surface area contributed by atoms with Crippen molar-refractivity contribution in [2.24, 2.45) is 0 Å². The minimum Gasteiger partial charge on any atom is -0.289 e. The standard InChI is InChI=1S/C13H10O7S2/c14-12(9-5-2-1-3-6-9)10-7-4-8-11(21(15,16)17)13(10)22(18,19)20/h1-8H,(H,15,16,17)(H,18,19,20). The van der Waals surface area contributed by atoms with Gasteiger partial charge in [0.2, 0.25) is 0 Å². The van der Waals surface area contributed by atoms with Crippen molar-refractivity contribution in [3.63, 3.8) is 0 Å². The van der Waals surface area contributed by atoms with Crippen LogP contribution >= 0.6 is 0 Å². The molecule has 0 aliphatic carbocycles. The van der Waals surface area contributed by atoms with E-state index in [0.717, 1.165) is 18.2 Å². The van der Waals surface area contributed by atoms with Crippen molar-refractivity contribution in [3.8, 4) is 0 Å². The minimum atomic E-state index is -5.06. The Kier molecular flexibility index (Phi) is 4.16. The molecule has 2 N–H and O–H groups in total. The molecule has 0 saturated carbocycles. The van der Waals surface area contributed by atoms with Gasteiger partial charge in [0.1, 0.15) is 9.79 Å². The van der Waals surface area contributed by atoms with Crippen LogP contribution in [0.4, 0.5) is 0 Å². The number of hydrogen-bond acceptors (Lipinski definition) is 5. The SMILES string of the molecule is O=C(c1ccccc1)c1cccc(S(=O)(=O)O)c1S(=O)(=O)O. The van der Waals surface area contributed by atoms with E-state index >= 15 is 0 Å². The van der Waals surface area contributed by atoms with Gasteiger partial charge >= 0.3 is 0 Å². The second-order valence-electron chi connectivity index (χ2n) is 4.28. The summed E-state index contributed by atoms with van der Waals surface area (Å²) >= 11 is 0. The molecule has 0 radical (unpaired) electrons. The Labute approximate surface area is 126 Å². The fraction of sp³-hybridized carbons (Fsp3) is 0. The monoisotopic (exact) mass is 342 g/mol. The van der Waals surface area contributed by atoms with Crippen molar-refractivity contribution >= 4 is 26.0 Å².